The van der Waals surface area contributed by atoms with E-state index in [2.05, 4.69) is 11.2 Å². The molecular weight excluding hydrogens is 196 g/mol. The number of benzene rings is 1. The van der Waals surface area contributed by atoms with Crippen LogP contribution in [0.25, 0.3) is 0 Å². The molecule has 0 aliphatic heterocycles. The van der Waals surface area contributed by atoms with E-state index in [1.807, 2.05) is 0 Å². The molecule has 0 aromatic heterocycles. The highest BCUT2D eigenvalue weighted by molar-refractivity contribution is 5.46. The van der Waals surface area contributed by atoms with Crippen molar-refractivity contribution in [2.45, 2.75) is 19.8 Å². The summed E-state index contributed by atoms with van der Waals surface area (Å²) in [6.07, 6.45) is 6.44. The van der Waals surface area contributed by atoms with Crippen molar-refractivity contribution < 1.29 is 8.78 Å². The van der Waals surface area contributed by atoms with E-state index in [1.165, 1.54) is 19.1 Å². The van der Waals surface area contributed by atoms with Gasteiger partial charge in [-0.05, 0) is 25.0 Å². The molecule has 0 bridgehead atoms. The first-order valence-electron chi connectivity index (χ1n) is 4.78. The molecule has 80 valence electrons. The number of aryl methyl sites for hydroxylation is 1. The van der Waals surface area contributed by atoms with E-state index in [9.17, 15) is 8.78 Å². The fourth-order valence-electron chi connectivity index (χ4n) is 1.20. The summed E-state index contributed by atoms with van der Waals surface area (Å²) in [5.74, 6) is 1.64. The van der Waals surface area contributed by atoms with Crippen LogP contribution in [0.4, 0.5) is 14.5 Å². The Bertz CT molecular complexity index is 380. The van der Waals surface area contributed by atoms with E-state index >= 15 is 0 Å². The average Bonchev–Trinajstić information content (AvgIpc) is 2.20. The van der Waals surface area contributed by atoms with Crippen molar-refractivity contribution in [1.82, 2.24) is 0 Å². The van der Waals surface area contributed by atoms with E-state index in [0.29, 0.717) is 18.5 Å². The van der Waals surface area contributed by atoms with Gasteiger partial charge in [0, 0.05) is 19.0 Å². The molecule has 3 heteroatoms. The quantitative estimate of drug-likeness (QED) is 0.593. The molecule has 1 aromatic rings. The molecule has 0 saturated carbocycles. The first kappa shape index (κ1) is 11.5. The summed E-state index contributed by atoms with van der Waals surface area (Å²) in [5.41, 5.74) is 0.497. The number of terminal acetylenes is 1. The van der Waals surface area contributed by atoms with Gasteiger partial charge < -0.3 is 5.32 Å². The van der Waals surface area contributed by atoms with Gasteiger partial charge in [0.15, 0.2) is 0 Å². The number of anilines is 1. The molecule has 1 aromatic carbocycles. The molecule has 0 saturated heterocycles. The molecule has 1 N–H and O–H groups in total. The van der Waals surface area contributed by atoms with E-state index in [1.54, 1.807) is 0 Å². The Balaban J connectivity index is 2.62. The van der Waals surface area contributed by atoms with Gasteiger partial charge in [0.25, 0.3) is 0 Å². The van der Waals surface area contributed by atoms with Crippen LogP contribution in [0.3, 0.4) is 0 Å². The highest BCUT2D eigenvalue weighted by Gasteiger charge is 2.05. The smallest absolute Gasteiger partial charge is 0.146 e. The zero-order valence-electron chi connectivity index (χ0n) is 8.61. The molecule has 0 heterocycles. The molecule has 0 aliphatic carbocycles. The summed E-state index contributed by atoms with van der Waals surface area (Å²) >= 11 is 0. The zero-order chi connectivity index (χ0) is 11.3. The normalized spacial score (nSPS) is 9.73. The maximum atomic E-state index is 13.3. The van der Waals surface area contributed by atoms with Gasteiger partial charge in [0.2, 0.25) is 0 Å². The van der Waals surface area contributed by atoms with Gasteiger partial charge in [-0.3, -0.25) is 0 Å². The van der Waals surface area contributed by atoms with Crippen molar-refractivity contribution in [1.29, 1.82) is 0 Å². The molecule has 0 aliphatic rings. The number of rotatable bonds is 4. The molecule has 0 atom stereocenters. The van der Waals surface area contributed by atoms with Crippen molar-refractivity contribution >= 4 is 5.69 Å². The third-order valence-corrected chi connectivity index (χ3v) is 2.06. The van der Waals surface area contributed by atoms with Crippen LogP contribution in [0, 0.1) is 30.9 Å². The molecular formula is C12H13F2N. The Morgan fingerprint density at radius 3 is 2.73 bits per heavy atom. The lowest BCUT2D eigenvalue weighted by Gasteiger charge is -2.07. The van der Waals surface area contributed by atoms with Crippen molar-refractivity contribution in [3.05, 3.63) is 29.3 Å². The number of nitrogens with one attached hydrogen (secondary N) is 1. The van der Waals surface area contributed by atoms with E-state index in [-0.39, 0.29) is 5.69 Å². The van der Waals surface area contributed by atoms with Crippen molar-refractivity contribution in [3.8, 4) is 12.3 Å². The maximum absolute atomic E-state index is 13.3. The number of hydrogen-bond donors (Lipinski definition) is 1. The van der Waals surface area contributed by atoms with Crippen LogP contribution in [0.2, 0.25) is 0 Å². The summed E-state index contributed by atoms with van der Waals surface area (Å²) in [4.78, 5) is 0. The van der Waals surface area contributed by atoms with Gasteiger partial charge in [-0.15, -0.1) is 12.3 Å². The lowest BCUT2D eigenvalue weighted by atomic mass is 10.2. The van der Waals surface area contributed by atoms with Gasteiger partial charge in [-0.25, -0.2) is 8.78 Å². The van der Waals surface area contributed by atoms with Crippen molar-refractivity contribution in [2.75, 3.05) is 11.9 Å². The second-order valence-corrected chi connectivity index (χ2v) is 3.32. The van der Waals surface area contributed by atoms with Crippen LogP contribution in [-0.2, 0) is 0 Å². The minimum absolute atomic E-state index is 0.190. The predicted octanol–water partition coefficient (Wildman–Crippen LogP) is 3.10. The molecule has 0 unspecified atom stereocenters. The molecule has 15 heavy (non-hydrogen) atoms. The highest BCUT2D eigenvalue weighted by atomic mass is 19.1. The minimum Gasteiger partial charge on any atom is -0.383 e. The van der Waals surface area contributed by atoms with Gasteiger partial charge in [-0.1, -0.05) is 0 Å². The predicted molar refractivity (Wildman–Crippen MR) is 57.7 cm³/mol. The Morgan fingerprint density at radius 2 is 2.07 bits per heavy atom. The van der Waals surface area contributed by atoms with Gasteiger partial charge >= 0.3 is 0 Å². The van der Waals surface area contributed by atoms with Gasteiger partial charge in [-0.2, -0.15) is 0 Å². The Hall–Kier alpha value is -1.56. The van der Waals surface area contributed by atoms with Crippen LogP contribution >= 0.6 is 0 Å². The third-order valence-electron chi connectivity index (χ3n) is 2.06. The summed E-state index contributed by atoms with van der Waals surface area (Å²) in [6.45, 7) is 2.07. The maximum Gasteiger partial charge on any atom is 0.146 e. The first-order valence-corrected chi connectivity index (χ1v) is 4.78. The van der Waals surface area contributed by atoms with Crippen LogP contribution in [0.1, 0.15) is 18.4 Å². The zero-order valence-corrected chi connectivity index (χ0v) is 8.61. The Kier molecular flexibility index (Phi) is 4.11. The summed E-state index contributed by atoms with van der Waals surface area (Å²) in [6, 6.07) is 2.35. The monoisotopic (exact) mass is 209 g/mol. The number of unbranched alkanes of at least 4 members (excludes halogenated alkanes) is 1. The SMILES string of the molecule is C#CCCCNc1cc(F)c(C)cc1F. The van der Waals surface area contributed by atoms with Crippen LogP contribution in [-0.4, -0.2) is 6.54 Å². The number of halogens is 2. The number of hydrogen-bond acceptors (Lipinski definition) is 1. The average molecular weight is 209 g/mol. The topological polar surface area (TPSA) is 12.0 Å². The van der Waals surface area contributed by atoms with Crippen LogP contribution < -0.4 is 5.32 Å². The largest absolute Gasteiger partial charge is 0.383 e. The fourth-order valence-corrected chi connectivity index (χ4v) is 1.20. The summed E-state index contributed by atoms with van der Waals surface area (Å²) < 4.78 is 26.4. The lowest BCUT2D eigenvalue weighted by molar-refractivity contribution is 0.594. The Labute approximate surface area is 88.5 Å². The first-order chi connectivity index (χ1) is 7.15. The minimum atomic E-state index is -0.436. The van der Waals surface area contributed by atoms with E-state index < -0.39 is 11.6 Å². The second kappa shape index (κ2) is 5.35. The molecule has 0 radical (unpaired) electrons. The fraction of sp³-hybridized carbons (Fsp3) is 0.333. The second-order valence-electron chi connectivity index (χ2n) is 3.32. The summed E-state index contributed by atoms with van der Waals surface area (Å²) in [7, 11) is 0. The van der Waals surface area contributed by atoms with Gasteiger partial charge in [0.1, 0.15) is 11.6 Å². The molecule has 0 spiro atoms. The molecule has 0 fully saturated rings. The van der Waals surface area contributed by atoms with Crippen molar-refractivity contribution in [2.24, 2.45) is 0 Å². The molecule has 1 rings (SSSR count). The standard InChI is InChI=1S/C12H13F2N/c1-3-4-5-6-15-12-8-10(13)9(2)7-11(12)14/h1,7-8,15H,4-6H2,2H3. The Morgan fingerprint density at radius 1 is 1.33 bits per heavy atom. The third kappa shape index (κ3) is 3.25. The van der Waals surface area contributed by atoms with E-state index in [4.69, 9.17) is 6.42 Å². The van der Waals surface area contributed by atoms with Crippen LogP contribution in [0.5, 0.6) is 0 Å². The van der Waals surface area contributed by atoms with E-state index in [0.717, 1.165) is 6.42 Å². The van der Waals surface area contributed by atoms with Crippen LogP contribution in [0.15, 0.2) is 12.1 Å². The highest BCUT2D eigenvalue weighted by Crippen LogP contribution is 2.18. The lowest BCUT2D eigenvalue weighted by Crippen LogP contribution is -2.04. The van der Waals surface area contributed by atoms with Crippen molar-refractivity contribution in [3.63, 3.8) is 0 Å². The summed E-state index contributed by atoms with van der Waals surface area (Å²) in [5, 5.41) is 2.81. The van der Waals surface area contributed by atoms with Gasteiger partial charge in [0.05, 0.1) is 5.69 Å². The molecule has 0 amide bonds. The molecule has 1 nitrogen and oxygen atoms in total.